The molecule has 0 unspecified atom stereocenters. The van der Waals surface area contributed by atoms with E-state index in [4.69, 9.17) is 4.74 Å². The molecule has 90 valence electrons. The first kappa shape index (κ1) is 11.5. The molecule has 0 radical (unpaired) electrons. The van der Waals surface area contributed by atoms with Gasteiger partial charge in [0.1, 0.15) is 5.75 Å². The lowest BCUT2D eigenvalue weighted by Crippen LogP contribution is -2.02. The third kappa shape index (κ3) is 2.41. The number of halogens is 3. The Bertz CT molecular complexity index is 519. The summed E-state index contributed by atoms with van der Waals surface area (Å²) < 4.78 is 46.5. The van der Waals surface area contributed by atoms with Gasteiger partial charge in [0.2, 0.25) is 11.7 Å². The Morgan fingerprint density at radius 2 is 2.06 bits per heavy atom. The van der Waals surface area contributed by atoms with Crippen LogP contribution in [0.5, 0.6) is 5.75 Å². The number of rotatable bonds is 2. The van der Waals surface area contributed by atoms with E-state index in [1.54, 1.807) is 24.3 Å². The van der Waals surface area contributed by atoms with Crippen LogP contribution in [-0.4, -0.2) is 12.1 Å². The lowest BCUT2D eigenvalue weighted by Gasteiger charge is -2.01. The Morgan fingerprint density at radius 1 is 1.29 bits per heavy atom. The van der Waals surface area contributed by atoms with Crippen LogP contribution < -0.4 is 4.74 Å². The Hall–Kier alpha value is -1.98. The number of benzene rings is 1. The molecular weight excluding hydrogens is 235 g/mol. The molecule has 0 bridgehead atoms. The second kappa shape index (κ2) is 4.12. The van der Waals surface area contributed by atoms with Gasteiger partial charge >= 0.3 is 6.18 Å². The highest BCUT2D eigenvalue weighted by atomic mass is 19.4. The summed E-state index contributed by atoms with van der Waals surface area (Å²) in [4.78, 5) is 3.59. The molecule has 6 heteroatoms. The van der Waals surface area contributed by atoms with Crippen molar-refractivity contribution in [2.75, 3.05) is 7.11 Å². The third-order valence-corrected chi connectivity index (χ3v) is 2.10. The number of alkyl halides is 3. The van der Waals surface area contributed by atoms with E-state index in [9.17, 15) is 13.2 Å². The van der Waals surface area contributed by atoms with Crippen LogP contribution in [-0.2, 0) is 6.18 Å². The van der Waals surface area contributed by atoms with Crippen molar-refractivity contribution in [2.45, 2.75) is 6.18 Å². The molecule has 0 N–H and O–H groups in total. The Labute approximate surface area is 94.8 Å². The summed E-state index contributed by atoms with van der Waals surface area (Å²) in [5.41, 5.74) is 0.430. The topological polar surface area (TPSA) is 35.3 Å². The highest BCUT2D eigenvalue weighted by Gasteiger charge is 2.35. The summed E-state index contributed by atoms with van der Waals surface area (Å²) in [7, 11) is 1.47. The quantitative estimate of drug-likeness (QED) is 0.811. The van der Waals surface area contributed by atoms with Crippen molar-refractivity contribution in [1.29, 1.82) is 0 Å². The fourth-order valence-corrected chi connectivity index (χ4v) is 1.29. The van der Waals surface area contributed by atoms with Crippen molar-refractivity contribution in [3.63, 3.8) is 0 Å². The van der Waals surface area contributed by atoms with E-state index < -0.39 is 11.9 Å². The molecule has 0 amide bonds. The molecule has 0 aliphatic heterocycles. The molecule has 0 spiro atoms. The van der Waals surface area contributed by atoms with Crippen molar-refractivity contribution < 1.29 is 22.3 Å². The van der Waals surface area contributed by atoms with Gasteiger partial charge in [-0.05, 0) is 18.2 Å². The van der Waals surface area contributed by atoms with Crippen LogP contribution in [0.2, 0.25) is 0 Å². The first-order valence-electron chi connectivity index (χ1n) is 4.68. The van der Waals surface area contributed by atoms with Gasteiger partial charge in [0.15, 0.2) is 0 Å². The van der Waals surface area contributed by atoms with Crippen molar-refractivity contribution in [1.82, 2.24) is 4.98 Å². The van der Waals surface area contributed by atoms with Gasteiger partial charge in [-0.15, -0.1) is 0 Å². The van der Waals surface area contributed by atoms with E-state index >= 15 is 0 Å². The molecular formula is C11H8F3NO2. The average molecular weight is 243 g/mol. The summed E-state index contributed by atoms with van der Waals surface area (Å²) >= 11 is 0. The summed E-state index contributed by atoms with van der Waals surface area (Å²) in [6.07, 6.45) is -3.86. The Balaban J connectivity index is 2.37. The number of methoxy groups -OCH3 is 1. The first-order chi connectivity index (χ1) is 8.00. The number of hydrogen-bond acceptors (Lipinski definition) is 3. The van der Waals surface area contributed by atoms with Crippen molar-refractivity contribution in [3.05, 3.63) is 36.2 Å². The van der Waals surface area contributed by atoms with E-state index in [1.165, 1.54) is 7.11 Å². The number of aromatic nitrogens is 1. The van der Waals surface area contributed by atoms with Gasteiger partial charge in [-0.3, -0.25) is 0 Å². The molecule has 0 fully saturated rings. The molecule has 1 aromatic carbocycles. The Kier molecular flexibility index (Phi) is 2.79. The van der Waals surface area contributed by atoms with Gasteiger partial charge in [0, 0.05) is 5.56 Å². The Morgan fingerprint density at radius 3 is 2.65 bits per heavy atom. The molecule has 0 saturated heterocycles. The zero-order valence-corrected chi connectivity index (χ0v) is 8.78. The van der Waals surface area contributed by atoms with E-state index in [0.29, 0.717) is 17.5 Å². The van der Waals surface area contributed by atoms with Gasteiger partial charge in [-0.25, -0.2) is 4.98 Å². The van der Waals surface area contributed by atoms with Gasteiger partial charge in [-0.1, -0.05) is 6.07 Å². The minimum atomic E-state index is -4.52. The smallest absolute Gasteiger partial charge is 0.451 e. The van der Waals surface area contributed by atoms with E-state index in [1.807, 2.05) is 0 Å². The predicted molar refractivity (Wildman–Crippen MR) is 53.5 cm³/mol. The standard InChI is InChI=1S/C11H8F3NO2/c1-16-8-4-2-3-7(5-8)10-15-6-9(17-10)11(12,13)14/h2-6H,1H3. The fourth-order valence-electron chi connectivity index (χ4n) is 1.29. The minimum absolute atomic E-state index is 0.0868. The molecule has 3 nitrogen and oxygen atoms in total. The zero-order valence-electron chi connectivity index (χ0n) is 8.78. The maximum absolute atomic E-state index is 12.3. The van der Waals surface area contributed by atoms with Crippen LogP contribution in [0.1, 0.15) is 5.76 Å². The van der Waals surface area contributed by atoms with Crippen molar-refractivity contribution in [2.24, 2.45) is 0 Å². The van der Waals surface area contributed by atoms with Gasteiger partial charge in [0.25, 0.3) is 0 Å². The lowest BCUT2D eigenvalue weighted by atomic mass is 10.2. The molecule has 2 aromatic rings. The second-order valence-corrected chi connectivity index (χ2v) is 3.26. The van der Waals surface area contributed by atoms with E-state index in [2.05, 4.69) is 9.40 Å². The average Bonchev–Trinajstić information content (AvgIpc) is 2.78. The van der Waals surface area contributed by atoms with Crippen molar-refractivity contribution >= 4 is 0 Å². The van der Waals surface area contributed by atoms with Gasteiger partial charge < -0.3 is 9.15 Å². The SMILES string of the molecule is COc1cccc(-c2ncc(C(F)(F)F)o2)c1. The normalized spacial score (nSPS) is 11.5. The van der Waals surface area contributed by atoms with Gasteiger partial charge in [0.05, 0.1) is 13.3 Å². The lowest BCUT2D eigenvalue weighted by molar-refractivity contribution is -0.152. The molecule has 17 heavy (non-hydrogen) atoms. The van der Waals surface area contributed by atoms with E-state index in [0.717, 1.165) is 0 Å². The molecule has 0 aliphatic carbocycles. The monoisotopic (exact) mass is 243 g/mol. The molecule has 0 aliphatic rings. The van der Waals surface area contributed by atoms with Gasteiger partial charge in [-0.2, -0.15) is 13.2 Å². The third-order valence-electron chi connectivity index (χ3n) is 2.10. The highest BCUT2D eigenvalue weighted by molar-refractivity contribution is 5.55. The number of nitrogens with zero attached hydrogens (tertiary/aromatic N) is 1. The summed E-state index contributed by atoms with van der Waals surface area (Å²) in [5.74, 6) is -0.680. The van der Waals surface area contributed by atoms with Crippen molar-refractivity contribution in [3.8, 4) is 17.2 Å². The predicted octanol–water partition coefficient (Wildman–Crippen LogP) is 3.37. The summed E-state index contributed by atoms with van der Waals surface area (Å²) in [5, 5.41) is 0. The molecule has 0 saturated carbocycles. The zero-order chi connectivity index (χ0) is 12.5. The molecule has 1 heterocycles. The fraction of sp³-hybridized carbons (Fsp3) is 0.182. The van der Waals surface area contributed by atoms with Crippen LogP contribution in [0.25, 0.3) is 11.5 Å². The molecule has 0 atom stereocenters. The first-order valence-corrected chi connectivity index (χ1v) is 4.68. The van der Waals surface area contributed by atoms with Crippen LogP contribution in [0.15, 0.2) is 34.9 Å². The maximum atomic E-state index is 12.3. The number of oxazole rings is 1. The van der Waals surface area contributed by atoms with Crippen LogP contribution in [0.4, 0.5) is 13.2 Å². The molecule has 1 aromatic heterocycles. The maximum Gasteiger partial charge on any atom is 0.451 e. The van der Waals surface area contributed by atoms with E-state index in [-0.39, 0.29) is 5.89 Å². The number of hydrogen-bond donors (Lipinski definition) is 0. The summed E-state index contributed by atoms with van der Waals surface area (Å²) in [6, 6.07) is 6.46. The van der Waals surface area contributed by atoms with Crippen LogP contribution >= 0.6 is 0 Å². The van der Waals surface area contributed by atoms with Crippen LogP contribution in [0, 0.1) is 0 Å². The summed E-state index contributed by atoms with van der Waals surface area (Å²) in [6.45, 7) is 0. The largest absolute Gasteiger partial charge is 0.497 e. The number of ether oxygens (including phenoxy) is 1. The second-order valence-electron chi connectivity index (χ2n) is 3.26. The highest BCUT2D eigenvalue weighted by Crippen LogP contribution is 2.32. The van der Waals surface area contributed by atoms with Crippen LogP contribution in [0.3, 0.4) is 0 Å². The molecule has 2 rings (SSSR count). The minimum Gasteiger partial charge on any atom is -0.497 e.